The first kappa shape index (κ1) is 17.6. The van der Waals surface area contributed by atoms with E-state index in [0.29, 0.717) is 13.0 Å². The molecule has 2 aromatic carbocycles. The average molecular weight is 353 g/mol. The molecule has 1 amide bonds. The fourth-order valence-electron chi connectivity index (χ4n) is 3.01. The van der Waals surface area contributed by atoms with Crippen molar-refractivity contribution in [2.45, 2.75) is 26.3 Å². The molecule has 134 valence electrons. The van der Waals surface area contributed by atoms with E-state index in [1.54, 1.807) is 4.90 Å². The van der Waals surface area contributed by atoms with Gasteiger partial charge in [0.25, 0.3) is 5.69 Å². The number of nitrogens with zero attached hydrogens (tertiary/aromatic N) is 2. The number of anilines is 2. The van der Waals surface area contributed by atoms with Crippen molar-refractivity contribution in [2.75, 3.05) is 16.8 Å². The van der Waals surface area contributed by atoms with Crippen LogP contribution >= 0.6 is 0 Å². The van der Waals surface area contributed by atoms with Crippen molar-refractivity contribution in [2.24, 2.45) is 0 Å². The Bertz CT molecular complexity index is 877. The van der Waals surface area contributed by atoms with Crippen molar-refractivity contribution < 1.29 is 14.5 Å². The highest BCUT2D eigenvalue weighted by Gasteiger charge is 2.33. The average Bonchev–Trinajstić information content (AvgIpc) is 2.96. The third kappa shape index (κ3) is 3.42. The van der Waals surface area contributed by atoms with Crippen LogP contribution in [-0.4, -0.2) is 29.2 Å². The maximum Gasteiger partial charge on any atom is 0.293 e. The van der Waals surface area contributed by atoms with Gasteiger partial charge in [0.2, 0.25) is 5.91 Å². The standard InChI is InChI=1S/C19H19N3O4/c1-12-3-6-15(7-4-12)21-10-9-17(19(21)24)20-16-8-5-14(13(2)23)11-18(16)22(25)26/h3-8,11,17,20H,9-10H2,1-2H3. The summed E-state index contributed by atoms with van der Waals surface area (Å²) in [4.78, 5) is 36.6. The molecule has 1 unspecified atom stereocenters. The predicted molar refractivity (Wildman–Crippen MR) is 98.7 cm³/mol. The number of ketones is 1. The summed E-state index contributed by atoms with van der Waals surface area (Å²) in [6, 6.07) is 11.4. The second-order valence-corrected chi connectivity index (χ2v) is 6.36. The summed E-state index contributed by atoms with van der Waals surface area (Å²) < 4.78 is 0. The molecule has 0 spiro atoms. The lowest BCUT2D eigenvalue weighted by atomic mass is 10.1. The molecule has 26 heavy (non-hydrogen) atoms. The van der Waals surface area contributed by atoms with Gasteiger partial charge in [-0.3, -0.25) is 19.7 Å². The third-order valence-electron chi connectivity index (χ3n) is 4.48. The third-order valence-corrected chi connectivity index (χ3v) is 4.48. The first-order valence-corrected chi connectivity index (χ1v) is 8.31. The molecule has 2 aromatic rings. The highest BCUT2D eigenvalue weighted by atomic mass is 16.6. The van der Waals surface area contributed by atoms with Crippen LogP contribution < -0.4 is 10.2 Å². The van der Waals surface area contributed by atoms with Crippen LogP contribution in [0.4, 0.5) is 17.1 Å². The van der Waals surface area contributed by atoms with Crippen LogP contribution in [0.15, 0.2) is 42.5 Å². The highest BCUT2D eigenvalue weighted by molar-refractivity contribution is 6.01. The minimum absolute atomic E-state index is 0.126. The topological polar surface area (TPSA) is 92.6 Å². The predicted octanol–water partition coefficient (Wildman–Crippen LogP) is 3.32. The monoisotopic (exact) mass is 353 g/mol. The molecule has 7 nitrogen and oxygen atoms in total. The van der Waals surface area contributed by atoms with E-state index in [1.807, 2.05) is 31.2 Å². The molecular formula is C19H19N3O4. The Hall–Kier alpha value is -3.22. The second kappa shape index (κ2) is 6.95. The maximum atomic E-state index is 12.7. The largest absolute Gasteiger partial charge is 0.368 e. The highest BCUT2D eigenvalue weighted by Crippen LogP contribution is 2.29. The van der Waals surface area contributed by atoms with Crippen molar-refractivity contribution in [1.82, 2.24) is 0 Å². The van der Waals surface area contributed by atoms with Gasteiger partial charge in [0, 0.05) is 23.9 Å². The summed E-state index contributed by atoms with van der Waals surface area (Å²) in [7, 11) is 0. The summed E-state index contributed by atoms with van der Waals surface area (Å²) in [5, 5.41) is 14.3. The molecule has 1 fully saturated rings. The van der Waals surface area contributed by atoms with Crippen molar-refractivity contribution >= 4 is 28.8 Å². The first-order valence-electron chi connectivity index (χ1n) is 8.31. The number of nitrogens with one attached hydrogen (secondary N) is 1. The Morgan fingerprint density at radius 2 is 1.92 bits per heavy atom. The van der Waals surface area contributed by atoms with Crippen LogP contribution in [-0.2, 0) is 4.79 Å². The van der Waals surface area contributed by atoms with Gasteiger partial charge >= 0.3 is 0 Å². The van der Waals surface area contributed by atoms with Crippen molar-refractivity contribution in [3.8, 4) is 0 Å². The van der Waals surface area contributed by atoms with Gasteiger partial charge in [-0.15, -0.1) is 0 Å². The van der Waals surface area contributed by atoms with Crippen LogP contribution in [0.3, 0.4) is 0 Å². The summed E-state index contributed by atoms with van der Waals surface area (Å²) in [5.41, 5.74) is 2.22. The SMILES string of the molecule is CC(=O)c1ccc(NC2CCN(c3ccc(C)cc3)C2=O)c([N+](=O)[O-])c1. The van der Waals surface area contributed by atoms with Crippen LogP contribution in [0.5, 0.6) is 0 Å². The van der Waals surface area contributed by atoms with Gasteiger partial charge in [0.15, 0.2) is 5.78 Å². The Kier molecular flexibility index (Phi) is 4.71. The fraction of sp³-hybridized carbons (Fsp3) is 0.263. The van der Waals surface area contributed by atoms with Gasteiger partial charge in [0.1, 0.15) is 11.7 Å². The van der Waals surface area contributed by atoms with Crippen LogP contribution in [0.2, 0.25) is 0 Å². The number of amides is 1. The number of hydrogen-bond donors (Lipinski definition) is 1. The number of rotatable bonds is 5. The number of hydrogen-bond acceptors (Lipinski definition) is 5. The molecule has 1 aliphatic rings. The molecular weight excluding hydrogens is 334 g/mol. The maximum absolute atomic E-state index is 12.7. The Labute approximate surface area is 150 Å². The van der Waals surface area contributed by atoms with E-state index < -0.39 is 11.0 Å². The van der Waals surface area contributed by atoms with Gasteiger partial charge < -0.3 is 10.2 Å². The number of nitro benzene ring substituents is 1. The molecule has 0 bridgehead atoms. The van der Waals surface area contributed by atoms with E-state index in [9.17, 15) is 19.7 Å². The second-order valence-electron chi connectivity index (χ2n) is 6.36. The Morgan fingerprint density at radius 3 is 2.54 bits per heavy atom. The van der Waals surface area contributed by atoms with Gasteiger partial charge in [-0.1, -0.05) is 17.7 Å². The van der Waals surface area contributed by atoms with Crippen molar-refractivity contribution in [3.05, 3.63) is 63.7 Å². The van der Waals surface area contributed by atoms with Crippen molar-refractivity contribution in [1.29, 1.82) is 0 Å². The Morgan fingerprint density at radius 1 is 1.23 bits per heavy atom. The van der Waals surface area contributed by atoms with Gasteiger partial charge in [0.05, 0.1) is 4.92 Å². The molecule has 1 N–H and O–H groups in total. The molecule has 1 aliphatic heterocycles. The van der Waals surface area contributed by atoms with Crippen LogP contribution in [0.1, 0.15) is 29.3 Å². The summed E-state index contributed by atoms with van der Waals surface area (Å²) in [6.07, 6.45) is 0.540. The van der Waals surface area contributed by atoms with Crippen molar-refractivity contribution in [3.63, 3.8) is 0 Å². The van der Waals surface area contributed by atoms with E-state index >= 15 is 0 Å². The van der Waals surface area contributed by atoms with Crippen LogP contribution in [0.25, 0.3) is 0 Å². The normalized spacial score (nSPS) is 16.6. The smallest absolute Gasteiger partial charge is 0.293 e. The molecule has 3 rings (SSSR count). The first-order chi connectivity index (χ1) is 12.4. The zero-order valence-corrected chi connectivity index (χ0v) is 14.6. The van der Waals surface area contributed by atoms with Crippen LogP contribution in [0, 0.1) is 17.0 Å². The number of benzene rings is 2. The molecule has 1 heterocycles. The minimum atomic E-state index is -0.550. The quantitative estimate of drug-likeness (QED) is 0.506. The number of Topliss-reactive ketones (excluding diaryl/α,β-unsaturated/α-hetero) is 1. The number of carbonyl (C=O) groups is 2. The molecule has 0 saturated carbocycles. The minimum Gasteiger partial charge on any atom is -0.368 e. The van der Waals surface area contributed by atoms with E-state index in [4.69, 9.17) is 0 Å². The molecule has 1 saturated heterocycles. The number of nitro groups is 1. The Balaban J connectivity index is 1.81. The number of carbonyl (C=O) groups excluding carboxylic acids is 2. The molecule has 0 aliphatic carbocycles. The summed E-state index contributed by atoms with van der Waals surface area (Å²) in [6.45, 7) is 3.87. The van der Waals surface area contributed by atoms with Gasteiger partial charge in [-0.05, 0) is 44.5 Å². The van der Waals surface area contributed by atoms with Gasteiger partial charge in [-0.25, -0.2) is 0 Å². The summed E-state index contributed by atoms with van der Waals surface area (Å²) >= 11 is 0. The lowest BCUT2D eigenvalue weighted by Crippen LogP contribution is -2.33. The zero-order valence-electron chi connectivity index (χ0n) is 14.6. The van der Waals surface area contributed by atoms with E-state index in [1.165, 1.54) is 25.1 Å². The molecule has 7 heteroatoms. The lowest BCUT2D eigenvalue weighted by Gasteiger charge is -2.18. The molecule has 0 aromatic heterocycles. The van der Waals surface area contributed by atoms with E-state index in [-0.39, 0.29) is 28.6 Å². The molecule has 1 atom stereocenters. The molecule has 0 radical (unpaired) electrons. The number of aryl methyl sites for hydroxylation is 1. The fourth-order valence-corrected chi connectivity index (χ4v) is 3.01. The van der Waals surface area contributed by atoms with Gasteiger partial charge in [-0.2, -0.15) is 0 Å². The summed E-state index contributed by atoms with van der Waals surface area (Å²) in [5.74, 6) is -0.374. The van der Waals surface area contributed by atoms with E-state index in [0.717, 1.165) is 11.3 Å². The van der Waals surface area contributed by atoms with E-state index in [2.05, 4.69) is 5.32 Å². The lowest BCUT2D eigenvalue weighted by molar-refractivity contribution is -0.384. The zero-order chi connectivity index (χ0) is 18.8.